The van der Waals surface area contributed by atoms with E-state index < -0.39 is 11.0 Å². The quantitative estimate of drug-likeness (QED) is 0.515. The van der Waals surface area contributed by atoms with Gasteiger partial charge in [-0.25, -0.2) is 0 Å². The van der Waals surface area contributed by atoms with Crippen LogP contribution in [-0.4, -0.2) is 30.4 Å². The fourth-order valence-electron chi connectivity index (χ4n) is 2.55. The van der Waals surface area contributed by atoms with Crippen LogP contribution in [0.3, 0.4) is 0 Å². The lowest BCUT2D eigenvalue weighted by Gasteiger charge is -2.11. The number of carbonyl (C=O) groups is 1. The first-order valence-electron chi connectivity index (χ1n) is 8.11. The number of rotatable bonds is 6. The molecule has 0 radical (unpaired) electrons. The van der Waals surface area contributed by atoms with E-state index in [1.54, 1.807) is 23.9 Å². The minimum atomic E-state index is -0.714. The monoisotopic (exact) mass is 388 g/mol. The highest BCUT2D eigenvalue weighted by Gasteiger charge is 2.22. The number of carbonyl (C=O) groups excluding carboxylic acids is 1. The molecule has 3 rings (SSSR count). The van der Waals surface area contributed by atoms with Gasteiger partial charge in [0.25, 0.3) is 0 Å². The van der Waals surface area contributed by atoms with Gasteiger partial charge in [0, 0.05) is 11.2 Å². The maximum absolute atomic E-state index is 12.4. The summed E-state index contributed by atoms with van der Waals surface area (Å²) in [5.41, 5.74) is 1.64. The molecule has 10 heteroatoms. The smallest absolute Gasteiger partial charge is 0.309 e. The Balaban J connectivity index is 1.66. The first kappa shape index (κ1) is 18.6. The van der Waals surface area contributed by atoms with E-state index in [9.17, 15) is 14.9 Å². The average molecular weight is 389 g/mol. The van der Waals surface area contributed by atoms with Crippen LogP contribution in [-0.2, 0) is 11.3 Å². The molecule has 1 aromatic carbocycles. The fraction of sp³-hybridized carbons (Fsp3) is 0.235. The summed E-state index contributed by atoms with van der Waals surface area (Å²) in [5, 5.41) is 22.6. The third-order valence-electron chi connectivity index (χ3n) is 4.00. The molecule has 0 saturated carbocycles. The lowest BCUT2D eigenvalue weighted by Crippen LogP contribution is -2.24. The molecule has 0 fully saturated rings. The van der Waals surface area contributed by atoms with Gasteiger partial charge in [-0.05, 0) is 31.5 Å². The summed E-state index contributed by atoms with van der Waals surface area (Å²) < 4.78 is 2.95. The molecule has 0 bridgehead atoms. The summed E-state index contributed by atoms with van der Waals surface area (Å²) in [7, 11) is 0. The van der Waals surface area contributed by atoms with Crippen LogP contribution in [0.5, 0.6) is 0 Å². The van der Waals surface area contributed by atoms with Gasteiger partial charge in [-0.15, -0.1) is 0 Å². The van der Waals surface area contributed by atoms with Crippen LogP contribution in [0.25, 0.3) is 0 Å². The Morgan fingerprint density at radius 3 is 2.85 bits per heavy atom. The highest BCUT2D eigenvalue weighted by Crippen LogP contribution is 2.19. The number of aryl methyl sites for hydroxylation is 1. The van der Waals surface area contributed by atoms with Crippen molar-refractivity contribution >= 4 is 28.9 Å². The topological polar surface area (TPSA) is 108 Å². The van der Waals surface area contributed by atoms with Crippen LogP contribution in [0.1, 0.15) is 24.2 Å². The Morgan fingerprint density at radius 1 is 1.41 bits per heavy atom. The van der Waals surface area contributed by atoms with Crippen molar-refractivity contribution in [3.05, 3.63) is 69.3 Å². The summed E-state index contributed by atoms with van der Waals surface area (Å²) in [6.07, 6.45) is 4.48. The lowest BCUT2D eigenvalue weighted by molar-refractivity contribution is -0.385. The zero-order chi connectivity index (χ0) is 19.6. The molecule has 27 heavy (non-hydrogen) atoms. The molecule has 9 nitrogen and oxygen atoms in total. The van der Waals surface area contributed by atoms with Crippen molar-refractivity contribution in [2.45, 2.75) is 26.4 Å². The first-order chi connectivity index (χ1) is 12.8. The number of nitrogens with zero attached hydrogens (tertiary/aromatic N) is 5. The second kappa shape index (κ2) is 7.58. The predicted octanol–water partition coefficient (Wildman–Crippen LogP) is 3.20. The Bertz CT molecular complexity index is 996. The minimum absolute atomic E-state index is 0.121. The highest BCUT2D eigenvalue weighted by atomic mass is 35.5. The Kier molecular flexibility index (Phi) is 5.22. The van der Waals surface area contributed by atoms with Gasteiger partial charge in [0.15, 0.2) is 0 Å². The Labute approximate surface area is 159 Å². The molecule has 0 aliphatic carbocycles. The Morgan fingerprint density at radius 2 is 2.19 bits per heavy atom. The second-order valence-electron chi connectivity index (χ2n) is 6.06. The number of anilines is 1. The van der Waals surface area contributed by atoms with E-state index >= 15 is 0 Å². The summed E-state index contributed by atoms with van der Waals surface area (Å²) in [6, 6.07) is 6.71. The lowest BCUT2D eigenvalue weighted by atomic mass is 10.2. The fourth-order valence-corrected chi connectivity index (χ4v) is 2.77. The normalized spacial score (nSPS) is 12.0. The van der Waals surface area contributed by atoms with Crippen LogP contribution in [0.15, 0.2) is 42.9 Å². The van der Waals surface area contributed by atoms with E-state index in [1.807, 2.05) is 18.2 Å². The maximum Gasteiger partial charge on any atom is 0.309 e. The molecule has 1 amide bonds. The van der Waals surface area contributed by atoms with Gasteiger partial charge in [-0.3, -0.25) is 24.3 Å². The van der Waals surface area contributed by atoms with Gasteiger partial charge in [0.05, 0.1) is 23.4 Å². The average Bonchev–Trinajstić information content (AvgIpc) is 3.20. The van der Waals surface area contributed by atoms with Crippen molar-refractivity contribution in [3.63, 3.8) is 0 Å². The van der Waals surface area contributed by atoms with Crippen LogP contribution >= 0.6 is 11.6 Å². The third-order valence-corrected chi connectivity index (χ3v) is 4.23. The molecule has 0 spiro atoms. The van der Waals surface area contributed by atoms with Gasteiger partial charge >= 0.3 is 5.69 Å². The molecule has 1 unspecified atom stereocenters. The van der Waals surface area contributed by atoms with Gasteiger partial charge in [0.1, 0.15) is 17.9 Å². The first-order valence-corrected chi connectivity index (χ1v) is 8.49. The summed E-state index contributed by atoms with van der Waals surface area (Å²) >= 11 is 5.97. The van der Waals surface area contributed by atoms with Gasteiger partial charge < -0.3 is 5.32 Å². The number of benzene rings is 1. The largest absolute Gasteiger partial charge is 0.322 e. The van der Waals surface area contributed by atoms with Crippen LogP contribution in [0.2, 0.25) is 5.02 Å². The number of aromatic nitrogens is 4. The van der Waals surface area contributed by atoms with Gasteiger partial charge in [-0.2, -0.15) is 10.2 Å². The molecule has 2 aromatic heterocycles. The number of nitro groups is 1. The summed E-state index contributed by atoms with van der Waals surface area (Å²) in [5.74, 6) is -0.352. The molecule has 1 N–H and O–H groups in total. The van der Waals surface area contributed by atoms with Crippen molar-refractivity contribution in [1.29, 1.82) is 0 Å². The van der Waals surface area contributed by atoms with E-state index in [4.69, 9.17) is 11.6 Å². The molecule has 140 valence electrons. The van der Waals surface area contributed by atoms with E-state index in [0.717, 1.165) is 5.56 Å². The van der Waals surface area contributed by atoms with Crippen molar-refractivity contribution in [3.8, 4) is 0 Å². The number of halogens is 1. The van der Waals surface area contributed by atoms with Crippen LogP contribution in [0.4, 0.5) is 11.4 Å². The number of amides is 1. The zero-order valence-electron chi connectivity index (χ0n) is 14.7. The number of hydrogen-bond acceptors (Lipinski definition) is 5. The Hall–Kier alpha value is -3.20. The van der Waals surface area contributed by atoms with Crippen molar-refractivity contribution in [2.75, 3.05) is 5.32 Å². The molecule has 1 atom stereocenters. The second-order valence-corrected chi connectivity index (χ2v) is 6.50. The summed E-state index contributed by atoms with van der Waals surface area (Å²) in [4.78, 5) is 22.8. The van der Waals surface area contributed by atoms with E-state index in [1.165, 1.54) is 24.0 Å². The molecule has 0 saturated heterocycles. The molecular formula is C17H17ClN6O3. The molecule has 3 aromatic rings. The van der Waals surface area contributed by atoms with Gasteiger partial charge in [0.2, 0.25) is 5.91 Å². The minimum Gasteiger partial charge on any atom is -0.322 e. The van der Waals surface area contributed by atoms with Crippen molar-refractivity contribution < 1.29 is 9.72 Å². The van der Waals surface area contributed by atoms with Crippen LogP contribution < -0.4 is 5.32 Å². The van der Waals surface area contributed by atoms with Crippen molar-refractivity contribution in [1.82, 2.24) is 19.6 Å². The standard InChI is InChI=1S/C17H17ClN6O3/c1-11-16(24(26)27)10-23(21-11)12(2)17(25)20-15-7-19-22(9-15)8-13-4-3-5-14(18)6-13/h3-7,9-10,12H,8H2,1-2H3,(H,20,25). The SMILES string of the molecule is Cc1nn(C(C)C(=O)Nc2cnn(Cc3cccc(Cl)c3)c2)cc1[N+](=O)[O-]. The van der Waals surface area contributed by atoms with Gasteiger partial charge in [-0.1, -0.05) is 23.7 Å². The summed E-state index contributed by atoms with van der Waals surface area (Å²) in [6.45, 7) is 3.65. The highest BCUT2D eigenvalue weighted by molar-refractivity contribution is 6.30. The van der Waals surface area contributed by atoms with Crippen LogP contribution in [0, 0.1) is 17.0 Å². The molecular weight excluding hydrogens is 372 g/mol. The molecule has 0 aliphatic rings. The van der Waals surface area contributed by atoms with E-state index in [0.29, 0.717) is 17.3 Å². The van der Waals surface area contributed by atoms with E-state index in [2.05, 4.69) is 15.5 Å². The zero-order valence-corrected chi connectivity index (χ0v) is 15.4. The van der Waals surface area contributed by atoms with Crippen molar-refractivity contribution in [2.24, 2.45) is 0 Å². The number of nitrogens with one attached hydrogen (secondary N) is 1. The molecule has 0 aliphatic heterocycles. The molecule has 2 heterocycles. The third kappa shape index (κ3) is 4.32. The number of hydrogen-bond donors (Lipinski definition) is 1. The maximum atomic E-state index is 12.4. The predicted molar refractivity (Wildman–Crippen MR) is 99.7 cm³/mol. The van der Waals surface area contributed by atoms with E-state index in [-0.39, 0.29) is 17.3 Å².